The lowest BCUT2D eigenvalue weighted by atomic mass is 10.0. The highest BCUT2D eigenvalue weighted by atomic mass is 16.6. The van der Waals surface area contributed by atoms with E-state index in [2.05, 4.69) is 69.4 Å². The average molecular weight is 1070 g/mol. The highest BCUT2D eigenvalue weighted by Gasteiger charge is 2.19. The molecule has 0 rings (SSSR count). The number of esters is 3. The second-order valence-corrected chi connectivity index (χ2v) is 22.7. The molecule has 1 atom stereocenters. The minimum Gasteiger partial charge on any atom is -0.462 e. The summed E-state index contributed by atoms with van der Waals surface area (Å²) in [5, 5.41) is 0. The van der Waals surface area contributed by atoms with Crippen LogP contribution >= 0.6 is 0 Å². The van der Waals surface area contributed by atoms with Crippen LogP contribution in [0.3, 0.4) is 0 Å². The van der Waals surface area contributed by atoms with Crippen LogP contribution in [0.25, 0.3) is 0 Å². The van der Waals surface area contributed by atoms with Gasteiger partial charge < -0.3 is 14.2 Å². The minimum atomic E-state index is -0.778. The number of unbranched alkanes of at least 4 members (excludes halogenated alkanes) is 43. The van der Waals surface area contributed by atoms with Gasteiger partial charge in [-0.3, -0.25) is 14.4 Å². The Morgan fingerprint density at radius 1 is 0.263 bits per heavy atom. The van der Waals surface area contributed by atoms with Crippen molar-refractivity contribution in [2.45, 2.75) is 367 Å². The number of hydrogen-bond acceptors (Lipinski definition) is 6. The van der Waals surface area contributed by atoms with Crippen LogP contribution in [0.15, 0.2) is 48.6 Å². The van der Waals surface area contributed by atoms with E-state index in [-0.39, 0.29) is 31.1 Å². The van der Waals surface area contributed by atoms with Gasteiger partial charge in [0, 0.05) is 19.3 Å². The van der Waals surface area contributed by atoms with E-state index in [1.165, 1.54) is 244 Å². The molecule has 6 nitrogen and oxygen atoms in total. The van der Waals surface area contributed by atoms with E-state index in [4.69, 9.17) is 14.2 Å². The van der Waals surface area contributed by atoms with Gasteiger partial charge in [-0.1, -0.05) is 307 Å². The first-order chi connectivity index (χ1) is 37.5. The second kappa shape index (κ2) is 64.9. The monoisotopic (exact) mass is 1060 g/mol. The number of carbonyl (C=O) groups excluding carboxylic acids is 3. The van der Waals surface area contributed by atoms with Crippen molar-refractivity contribution in [3.8, 4) is 0 Å². The molecule has 0 aromatic heterocycles. The summed E-state index contributed by atoms with van der Waals surface area (Å²) in [7, 11) is 0. The summed E-state index contributed by atoms with van der Waals surface area (Å²) in [6.45, 7) is 6.66. The molecular weight excluding hydrogens is 937 g/mol. The van der Waals surface area contributed by atoms with Gasteiger partial charge in [-0.25, -0.2) is 0 Å². The van der Waals surface area contributed by atoms with Crippen LogP contribution < -0.4 is 0 Å². The van der Waals surface area contributed by atoms with E-state index in [0.29, 0.717) is 19.3 Å². The Morgan fingerprint density at radius 2 is 0.474 bits per heavy atom. The van der Waals surface area contributed by atoms with Gasteiger partial charge in [0.1, 0.15) is 13.2 Å². The second-order valence-electron chi connectivity index (χ2n) is 22.7. The topological polar surface area (TPSA) is 78.9 Å². The number of allylic oxidation sites excluding steroid dienone is 8. The molecule has 1 unspecified atom stereocenters. The van der Waals surface area contributed by atoms with Crippen molar-refractivity contribution in [1.29, 1.82) is 0 Å². The highest BCUT2D eigenvalue weighted by Crippen LogP contribution is 2.18. The van der Waals surface area contributed by atoms with Crippen LogP contribution in [0.5, 0.6) is 0 Å². The largest absolute Gasteiger partial charge is 0.462 e. The third kappa shape index (κ3) is 62.2. The molecule has 444 valence electrons. The van der Waals surface area contributed by atoms with E-state index in [9.17, 15) is 14.4 Å². The van der Waals surface area contributed by atoms with Crippen LogP contribution in [0.2, 0.25) is 0 Å². The SMILES string of the molecule is CCCCC/C=C\C/C=C\CCCCCCCCCC(=O)OCC(COC(=O)CCCCCCCCCCC/C=C\C/C=C\CCCCCCC)OC(=O)CCCCCCCCCCCCCCCCCCCCCC. The Morgan fingerprint density at radius 3 is 0.750 bits per heavy atom. The highest BCUT2D eigenvalue weighted by molar-refractivity contribution is 5.71. The fraction of sp³-hybridized carbons (Fsp3) is 0.843. The zero-order valence-electron chi connectivity index (χ0n) is 51.0. The number of rotatable bonds is 62. The van der Waals surface area contributed by atoms with Gasteiger partial charge in [0.25, 0.3) is 0 Å². The minimum absolute atomic E-state index is 0.0742. The Labute approximate surface area is 473 Å². The predicted molar refractivity (Wildman–Crippen MR) is 330 cm³/mol. The van der Waals surface area contributed by atoms with Crippen molar-refractivity contribution in [2.75, 3.05) is 13.2 Å². The number of carbonyl (C=O) groups is 3. The van der Waals surface area contributed by atoms with Crippen molar-refractivity contribution in [3.05, 3.63) is 48.6 Å². The first-order valence-corrected chi connectivity index (χ1v) is 33.6. The standard InChI is InChI=1S/C70H128O6/c1-4-7-10-13-16-19-22-25-28-31-33-35-37-39-42-45-48-51-54-57-60-63-69(72)75-66-67(65-74-68(71)62-59-56-53-50-47-44-41-38-30-27-24-21-18-15-12-9-6-3)76-70(73)64-61-58-55-52-49-46-43-40-36-34-32-29-26-23-20-17-14-11-8-5-2/h18,21-22,25,27,30-31,33,67H,4-17,19-20,23-24,26,28-29,32,34-66H2,1-3H3/b21-18-,25-22-,30-27-,33-31-. The Balaban J connectivity index is 4.34. The van der Waals surface area contributed by atoms with Gasteiger partial charge in [0.2, 0.25) is 0 Å². The molecule has 0 aliphatic carbocycles. The van der Waals surface area contributed by atoms with Crippen molar-refractivity contribution in [1.82, 2.24) is 0 Å². The molecule has 0 aliphatic rings. The van der Waals surface area contributed by atoms with Crippen molar-refractivity contribution >= 4 is 17.9 Å². The zero-order valence-corrected chi connectivity index (χ0v) is 51.0. The molecule has 0 saturated carbocycles. The summed E-state index contributed by atoms with van der Waals surface area (Å²) in [6.07, 6.45) is 81.2. The molecule has 0 amide bonds. The molecule has 0 N–H and O–H groups in total. The number of hydrogen-bond donors (Lipinski definition) is 0. The summed E-state index contributed by atoms with van der Waals surface area (Å²) in [5.74, 6) is -0.861. The maximum atomic E-state index is 12.9. The summed E-state index contributed by atoms with van der Waals surface area (Å²) >= 11 is 0. The Hall–Kier alpha value is -2.63. The fourth-order valence-electron chi connectivity index (χ4n) is 9.98. The van der Waals surface area contributed by atoms with E-state index in [0.717, 1.165) is 77.0 Å². The average Bonchev–Trinajstić information content (AvgIpc) is 3.42. The maximum Gasteiger partial charge on any atom is 0.306 e. The smallest absolute Gasteiger partial charge is 0.306 e. The van der Waals surface area contributed by atoms with Crippen molar-refractivity contribution < 1.29 is 28.6 Å². The lowest BCUT2D eigenvalue weighted by Crippen LogP contribution is -2.30. The Kier molecular flexibility index (Phi) is 62.6. The van der Waals surface area contributed by atoms with E-state index >= 15 is 0 Å². The normalized spacial score (nSPS) is 12.3. The fourth-order valence-corrected chi connectivity index (χ4v) is 9.98. The summed E-state index contributed by atoms with van der Waals surface area (Å²) in [6, 6.07) is 0. The van der Waals surface area contributed by atoms with Gasteiger partial charge >= 0.3 is 17.9 Å². The third-order valence-electron chi connectivity index (χ3n) is 15.1. The first-order valence-electron chi connectivity index (χ1n) is 33.6. The Bertz CT molecular complexity index is 1310. The van der Waals surface area contributed by atoms with E-state index < -0.39 is 6.10 Å². The van der Waals surface area contributed by atoms with E-state index in [1.807, 2.05) is 0 Å². The molecular formula is C70H128O6. The molecule has 0 radical (unpaired) electrons. The lowest BCUT2D eigenvalue weighted by molar-refractivity contribution is -0.167. The summed E-state index contributed by atoms with van der Waals surface area (Å²) in [5.41, 5.74) is 0. The van der Waals surface area contributed by atoms with Gasteiger partial charge in [-0.15, -0.1) is 0 Å². The molecule has 0 aliphatic heterocycles. The van der Waals surface area contributed by atoms with Gasteiger partial charge in [-0.2, -0.15) is 0 Å². The van der Waals surface area contributed by atoms with Crippen LogP contribution in [0.1, 0.15) is 361 Å². The number of ether oxygens (including phenoxy) is 3. The molecule has 76 heavy (non-hydrogen) atoms. The molecule has 0 aromatic rings. The quantitative estimate of drug-likeness (QED) is 0.0261. The predicted octanol–water partition coefficient (Wildman–Crippen LogP) is 22.9. The summed E-state index contributed by atoms with van der Waals surface area (Å²) in [4.78, 5) is 38.4. The molecule has 0 heterocycles. The van der Waals surface area contributed by atoms with Crippen LogP contribution in [-0.4, -0.2) is 37.2 Å². The lowest BCUT2D eigenvalue weighted by Gasteiger charge is -2.18. The van der Waals surface area contributed by atoms with Crippen LogP contribution in [0.4, 0.5) is 0 Å². The third-order valence-corrected chi connectivity index (χ3v) is 15.1. The molecule has 6 heteroatoms. The molecule has 0 spiro atoms. The molecule has 0 bridgehead atoms. The van der Waals surface area contributed by atoms with Gasteiger partial charge in [0.05, 0.1) is 0 Å². The van der Waals surface area contributed by atoms with Gasteiger partial charge in [0.15, 0.2) is 6.10 Å². The van der Waals surface area contributed by atoms with Crippen LogP contribution in [0, 0.1) is 0 Å². The maximum absolute atomic E-state index is 12.9. The van der Waals surface area contributed by atoms with Crippen molar-refractivity contribution in [2.24, 2.45) is 0 Å². The van der Waals surface area contributed by atoms with Crippen LogP contribution in [-0.2, 0) is 28.6 Å². The zero-order chi connectivity index (χ0) is 55.0. The molecule has 0 aromatic carbocycles. The van der Waals surface area contributed by atoms with E-state index in [1.54, 1.807) is 0 Å². The van der Waals surface area contributed by atoms with Crippen molar-refractivity contribution in [3.63, 3.8) is 0 Å². The molecule has 0 saturated heterocycles. The summed E-state index contributed by atoms with van der Waals surface area (Å²) < 4.78 is 17.0. The first kappa shape index (κ1) is 73.4. The van der Waals surface area contributed by atoms with Gasteiger partial charge in [-0.05, 0) is 83.5 Å². The molecule has 0 fully saturated rings.